The van der Waals surface area contributed by atoms with Crippen LogP contribution in [-0.4, -0.2) is 55.6 Å². The van der Waals surface area contributed by atoms with Gasteiger partial charge in [0.15, 0.2) is 12.4 Å². The van der Waals surface area contributed by atoms with Crippen LogP contribution in [0.4, 0.5) is 0 Å². The predicted molar refractivity (Wildman–Crippen MR) is 107 cm³/mol. The first kappa shape index (κ1) is 23.0. The first-order valence-electron chi connectivity index (χ1n) is 9.49. The van der Waals surface area contributed by atoms with E-state index in [4.69, 9.17) is 4.74 Å². The van der Waals surface area contributed by atoms with E-state index in [1.807, 2.05) is 20.8 Å². The maximum absolute atomic E-state index is 12.8. The van der Waals surface area contributed by atoms with Crippen LogP contribution in [0, 0.1) is 5.92 Å². The van der Waals surface area contributed by atoms with Gasteiger partial charge >= 0.3 is 5.97 Å². The molecule has 1 aliphatic heterocycles. The predicted octanol–water partition coefficient (Wildman–Crippen LogP) is 1.75. The lowest BCUT2D eigenvalue weighted by Gasteiger charge is -2.30. The van der Waals surface area contributed by atoms with E-state index in [9.17, 15) is 22.8 Å². The van der Waals surface area contributed by atoms with E-state index in [-0.39, 0.29) is 36.3 Å². The zero-order valence-electron chi connectivity index (χ0n) is 17.2. The first-order valence-corrected chi connectivity index (χ1v) is 10.9. The third-order valence-electron chi connectivity index (χ3n) is 4.53. The summed E-state index contributed by atoms with van der Waals surface area (Å²) in [7, 11) is -3.75. The van der Waals surface area contributed by atoms with Crippen molar-refractivity contribution < 1.29 is 27.5 Å². The Hall–Kier alpha value is -2.26. The van der Waals surface area contributed by atoms with E-state index in [2.05, 4.69) is 5.32 Å². The lowest BCUT2D eigenvalue weighted by Crippen LogP contribution is -2.44. The van der Waals surface area contributed by atoms with E-state index in [1.165, 1.54) is 29.4 Å². The van der Waals surface area contributed by atoms with Crippen LogP contribution in [0.1, 0.15) is 50.9 Å². The van der Waals surface area contributed by atoms with Crippen LogP contribution >= 0.6 is 0 Å². The molecular weight excluding hydrogens is 396 g/mol. The van der Waals surface area contributed by atoms with Gasteiger partial charge in [0.2, 0.25) is 10.0 Å². The Bertz CT molecular complexity index is 880. The monoisotopic (exact) mass is 424 g/mol. The van der Waals surface area contributed by atoms with Crippen molar-refractivity contribution >= 4 is 27.7 Å². The Morgan fingerprint density at radius 1 is 1.17 bits per heavy atom. The van der Waals surface area contributed by atoms with Crippen molar-refractivity contribution in [3.05, 3.63) is 29.8 Å². The van der Waals surface area contributed by atoms with Gasteiger partial charge in [0.05, 0.1) is 10.8 Å². The molecule has 0 spiro atoms. The average molecular weight is 425 g/mol. The van der Waals surface area contributed by atoms with Gasteiger partial charge in [-0.05, 0) is 52.7 Å². The molecule has 8 nitrogen and oxygen atoms in total. The molecular formula is C20H28N2O6S. The van der Waals surface area contributed by atoms with E-state index in [1.54, 1.807) is 6.07 Å². The Balaban J connectivity index is 1.92. The molecule has 0 aliphatic carbocycles. The third-order valence-corrected chi connectivity index (χ3v) is 6.42. The number of ketones is 1. The number of rotatable bonds is 6. The number of piperidine rings is 1. The number of hydrogen-bond donors (Lipinski definition) is 1. The number of carbonyl (C=O) groups excluding carboxylic acids is 3. The maximum atomic E-state index is 12.8. The number of benzene rings is 1. The van der Waals surface area contributed by atoms with E-state index in [0.29, 0.717) is 18.4 Å². The van der Waals surface area contributed by atoms with Crippen molar-refractivity contribution in [2.75, 3.05) is 19.7 Å². The van der Waals surface area contributed by atoms with Crippen LogP contribution in [0.25, 0.3) is 0 Å². The van der Waals surface area contributed by atoms with Gasteiger partial charge in [-0.2, -0.15) is 4.31 Å². The SMILES string of the molecule is CC(=O)c1cccc(S(=O)(=O)N2CCC(C(=O)OCC(=O)NC(C)(C)C)CC2)c1. The van der Waals surface area contributed by atoms with Crippen molar-refractivity contribution in [3.63, 3.8) is 0 Å². The molecule has 1 aliphatic rings. The molecule has 1 aromatic rings. The topological polar surface area (TPSA) is 110 Å². The van der Waals surface area contributed by atoms with Crippen LogP contribution < -0.4 is 5.32 Å². The molecule has 2 rings (SSSR count). The molecule has 0 unspecified atom stereocenters. The summed E-state index contributed by atoms with van der Waals surface area (Å²) >= 11 is 0. The highest BCUT2D eigenvalue weighted by molar-refractivity contribution is 7.89. The highest BCUT2D eigenvalue weighted by Gasteiger charge is 2.33. The second kappa shape index (κ2) is 9.04. The Morgan fingerprint density at radius 3 is 2.34 bits per heavy atom. The number of hydrogen-bond acceptors (Lipinski definition) is 6. The summed E-state index contributed by atoms with van der Waals surface area (Å²) in [5, 5.41) is 2.71. The van der Waals surface area contributed by atoms with Crippen LogP contribution in [0.15, 0.2) is 29.2 Å². The lowest BCUT2D eigenvalue weighted by atomic mass is 9.98. The Kier molecular flexibility index (Phi) is 7.18. The minimum atomic E-state index is -3.75. The van der Waals surface area contributed by atoms with Gasteiger partial charge in [-0.1, -0.05) is 12.1 Å². The number of sulfonamides is 1. The van der Waals surface area contributed by atoms with Crippen LogP contribution in [0.2, 0.25) is 0 Å². The summed E-state index contributed by atoms with van der Waals surface area (Å²) in [6, 6.07) is 5.93. The number of amides is 1. The zero-order valence-corrected chi connectivity index (χ0v) is 18.0. The molecule has 160 valence electrons. The molecule has 0 saturated carbocycles. The molecule has 29 heavy (non-hydrogen) atoms. The number of esters is 1. The summed E-state index contributed by atoms with van der Waals surface area (Å²) in [6.07, 6.45) is 0.622. The van der Waals surface area contributed by atoms with Crippen LogP contribution in [0.3, 0.4) is 0 Å². The average Bonchev–Trinajstić information content (AvgIpc) is 2.65. The minimum absolute atomic E-state index is 0.0603. The van der Waals surface area contributed by atoms with Crippen molar-refractivity contribution in [1.82, 2.24) is 9.62 Å². The molecule has 1 N–H and O–H groups in total. The van der Waals surface area contributed by atoms with Gasteiger partial charge in [-0.3, -0.25) is 14.4 Å². The van der Waals surface area contributed by atoms with Crippen molar-refractivity contribution in [2.45, 2.75) is 51.0 Å². The van der Waals surface area contributed by atoms with E-state index >= 15 is 0 Å². The smallest absolute Gasteiger partial charge is 0.309 e. The normalized spacial score (nSPS) is 16.3. The van der Waals surface area contributed by atoms with Gasteiger partial charge < -0.3 is 10.1 Å². The van der Waals surface area contributed by atoms with E-state index in [0.717, 1.165) is 0 Å². The number of Topliss-reactive ketones (excluding diaryl/α,β-unsaturated/α-hetero) is 1. The van der Waals surface area contributed by atoms with Crippen LogP contribution in [-0.2, 0) is 24.3 Å². The fourth-order valence-electron chi connectivity index (χ4n) is 3.07. The molecule has 0 aromatic heterocycles. The molecule has 0 bridgehead atoms. The van der Waals surface area contributed by atoms with Crippen molar-refractivity contribution in [3.8, 4) is 0 Å². The Labute approximate surface area is 171 Å². The van der Waals surface area contributed by atoms with Gasteiger partial charge in [0.25, 0.3) is 5.91 Å². The zero-order chi connectivity index (χ0) is 21.8. The summed E-state index contributed by atoms with van der Waals surface area (Å²) < 4.78 is 32.1. The standard InChI is InChI=1S/C20H28N2O6S/c1-14(23)16-6-5-7-17(12-16)29(26,27)22-10-8-15(9-11-22)19(25)28-13-18(24)21-20(2,3)4/h5-7,12,15H,8-11,13H2,1-4H3,(H,21,24). The van der Waals surface area contributed by atoms with Crippen molar-refractivity contribution in [2.24, 2.45) is 5.92 Å². The highest BCUT2D eigenvalue weighted by atomic mass is 32.2. The number of nitrogens with one attached hydrogen (secondary N) is 1. The molecule has 1 heterocycles. The molecule has 0 atom stereocenters. The van der Waals surface area contributed by atoms with Crippen molar-refractivity contribution in [1.29, 1.82) is 0 Å². The minimum Gasteiger partial charge on any atom is -0.455 e. The number of carbonyl (C=O) groups is 3. The fraction of sp³-hybridized carbons (Fsp3) is 0.550. The number of ether oxygens (including phenoxy) is 1. The molecule has 1 amide bonds. The number of nitrogens with zero attached hydrogens (tertiary/aromatic N) is 1. The summed E-state index contributed by atoms with van der Waals surface area (Å²) in [5.74, 6) is -1.53. The van der Waals surface area contributed by atoms with Gasteiger partial charge in [0.1, 0.15) is 0 Å². The molecule has 0 radical (unpaired) electrons. The fourth-order valence-corrected chi connectivity index (χ4v) is 4.58. The molecule has 1 fully saturated rings. The summed E-state index contributed by atoms with van der Waals surface area (Å²) in [6.45, 7) is 6.84. The third kappa shape index (κ3) is 6.37. The Morgan fingerprint density at radius 2 is 1.79 bits per heavy atom. The summed E-state index contributed by atoms with van der Waals surface area (Å²) in [5.41, 5.74) is -0.0823. The second-order valence-electron chi connectivity index (χ2n) is 8.17. The summed E-state index contributed by atoms with van der Waals surface area (Å²) in [4.78, 5) is 35.5. The van der Waals surface area contributed by atoms with Crippen LogP contribution in [0.5, 0.6) is 0 Å². The molecule has 1 aromatic carbocycles. The largest absolute Gasteiger partial charge is 0.455 e. The van der Waals surface area contributed by atoms with Gasteiger partial charge in [-0.15, -0.1) is 0 Å². The second-order valence-corrected chi connectivity index (χ2v) is 10.1. The molecule has 1 saturated heterocycles. The first-order chi connectivity index (χ1) is 13.4. The maximum Gasteiger partial charge on any atom is 0.309 e. The lowest BCUT2D eigenvalue weighted by molar-refractivity contribution is -0.154. The quantitative estimate of drug-likeness (QED) is 0.550. The highest BCUT2D eigenvalue weighted by Crippen LogP contribution is 2.25. The molecule has 9 heteroatoms. The van der Waals surface area contributed by atoms with Gasteiger partial charge in [-0.25, -0.2) is 8.42 Å². The van der Waals surface area contributed by atoms with Gasteiger partial charge in [0, 0.05) is 24.2 Å². The van der Waals surface area contributed by atoms with E-state index < -0.39 is 27.4 Å².